The van der Waals surface area contributed by atoms with Crippen molar-refractivity contribution in [2.45, 2.75) is 18.8 Å². The van der Waals surface area contributed by atoms with E-state index in [4.69, 9.17) is 10.5 Å². The van der Waals surface area contributed by atoms with Gasteiger partial charge in [-0.1, -0.05) is 30.3 Å². The zero-order chi connectivity index (χ0) is 12.1. The van der Waals surface area contributed by atoms with Gasteiger partial charge >= 0.3 is 0 Å². The second-order valence-corrected chi connectivity index (χ2v) is 4.52. The fraction of sp³-hybridized carbons (Fsp3) is 0.500. The third-order valence-electron chi connectivity index (χ3n) is 3.34. The van der Waals surface area contributed by atoms with Gasteiger partial charge in [0.1, 0.15) is 5.78 Å². The summed E-state index contributed by atoms with van der Waals surface area (Å²) < 4.78 is 5.37. The molecule has 92 valence electrons. The van der Waals surface area contributed by atoms with Crippen molar-refractivity contribution in [1.29, 1.82) is 0 Å². The molecule has 3 nitrogen and oxygen atoms in total. The standard InChI is InChI=1S/C14H19NO2/c15-9-13(11-5-2-1-3-6-11)14(16)12-7-4-8-17-10-12/h1-3,5-6,12-13H,4,7-10,15H2. The molecule has 2 N–H and O–H groups in total. The summed E-state index contributed by atoms with van der Waals surface area (Å²) in [6.45, 7) is 1.71. The molecular weight excluding hydrogens is 214 g/mol. The Kier molecular flexibility index (Phi) is 4.29. The van der Waals surface area contributed by atoms with Gasteiger partial charge in [-0.25, -0.2) is 0 Å². The molecule has 0 amide bonds. The van der Waals surface area contributed by atoms with Gasteiger partial charge < -0.3 is 10.5 Å². The van der Waals surface area contributed by atoms with Crippen molar-refractivity contribution >= 4 is 5.78 Å². The minimum atomic E-state index is -0.178. The normalized spacial score (nSPS) is 22.1. The number of carbonyl (C=O) groups excluding carboxylic acids is 1. The van der Waals surface area contributed by atoms with Gasteiger partial charge in [0.05, 0.1) is 12.5 Å². The van der Waals surface area contributed by atoms with E-state index in [1.807, 2.05) is 30.3 Å². The summed E-state index contributed by atoms with van der Waals surface area (Å²) in [5, 5.41) is 0. The topological polar surface area (TPSA) is 52.3 Å². The van der Waals surface area contributed by atoms with E-state index in [1.54, 1.807) is 0 Å². The summed E-state index contributed by atoms with van der Waals surface area (Å²) in [4.78, 5) is 12.4. The van der Waals surface area contributed by atoms with E-state index in [1.165, 1.54) is 0 Å². The monoisotopic (exact) mass is 233 g/mol. The zero-order valence-electron chi connectivity index (χ0n) is 9.97. The van der Waals surface area contributed by atoms with Crippen LogP contribution in [-0.4, -0.2) is 25.5 Å². The Morgan fingerprint density at radius 2 is 2.18 bits per heavy atom. The number of carbonyl (C=O) groups is 1. The van der Waals surface area contributed by atoms with E-state index in [2.05, 4.69) is 0 Å². The molecule has 0 aliphatic carbocycles. The van der Waals surface area contributed by atoms with Crippen LogP contribution in [0.15, 0.2) is 30.3 Å². The predicted molar refractivity (Wildman–Crippen MR) is 66.8 cm³/mol. The molecule has 0 aromatic heterocycles. The van der Waals surface area contributed by atoms with Gasteiger partial charge in [-0.15, -0.1) is 0 Å². The number of hydrogen-bond acceptors (Lipinski definition) is 3. The molecule has 2 unspecified atom stereocenters. The molecule has 1 fully saturated rings. The maximum atomic E-state index is 12.4. The molecule has 1 heterocycles. The van der Waals surface area contributed by atoms with Crippen LogP contribution in [0.25, 0.3) is 0 Å². The highest BCUT2D eigenvalue weighted by atomic mass is 16.5. The molecule has 3 heteroatoms. The van der Waals surface area contributed by atoms with Gasteiger partial charge in [-0.3, -0.25) is 4.79 Å². The lowest BCUT2D eigenvalue weighted by molar-refractivity contribution is -0.128. The van der Waals surface area contributed by atoms with Gasteiger partial charge in [0, 0.05) is 19.1 Å². The molecule has 2 atom stereocenters. The molecule has 1 aromatic carbocycles. The SMILES string of the molecule is NCC(C(=O)C1CCCOC1)c1ccccc1. The molecule has 0 spiro atoms. The van der Waals surface area contributed by atoms with Crippen LogP contribution in [-0.2, 0) is 9.53 Å². The molecule has 0 saturated carbocycles. The second kappa shape index (κ2) is 5.94. The van der Waals surface area contributed by atoms with Gasteiger partial charge in [-0.2, -0.15) is 0 Å². The maximum Gasteiger partial charge on any atom is 0.146 e. The first-order valence-electron chi connectivity index (χ1n) is 6.19. The average molecular weight is 233 g/mol. The van der Waals surface area contributed by atoms with Crippen LogP contribution in [0.4, 0.5) is 0 Å². The molecule has 17 heavy (non-hydrogen) atoms. The number of benzene rings is 1. The van der Waals surface area contributed by atoms with Crippen molar-refractivity contribution in [3.05, 3.63) is 35.9 Å². The van der Waals surface area contributed by atoms with Gasteiger partial charge in [0.25, 0.3) is 0 Å². The highest BCUT2D eigenvalue weighted by Crippen LogP contribution is 2.24. The molecule has 0 bridgehead atoms. The summed E-state index contributed by atoms with van der Waals surface area (Å²) in [7, 11) is 0. The Morgan fingerprint density at radius 3 is 2.76 bits per heavy atom. The lowest BCUT2D eigenvalue weighted by Gasteiger charge is -2.25. The fourth-order valence-electron chi connectivity index (χ4n) is 2.35. The number of hydrogen-bond donors (Lipinski definition) is 1. The van der Waals surface area contributed by atoms with Crippen molar-refractivity contribution in [3.8, 4) is 0 Å². The Hall–Kier alpha value is -1.19. The molecule has 1 aliphatic heterocycles. The first kappa shape index (κ1) is 12.3. The van der Waals surface area contributed by atoms with Crippen LogP contribution < -0.4 is 5.73 Å². The van der Waals surface area contributed by atoms with Gasteiger partial charge in [0.2, 0.25) is 0 Å². The highest BCUT2D eigenvalue weighted by molar-refractivity contribution is 5.88. The summed E-state index contributed by atoms with van der Waals surface area (Å²) in [6.07, 6.45) is 1.91. The van der Waals surface area contributed by atoms with Gasteiger partial charge in [0.15, 0.2) is 0 Å². The molecule has 1 saturated heterocycles. The van der Waals surface area contributed by atoms with E-state index in [-0.39, 0.29) is 17.6 Å². The van der Waals surface area contributed by atoms with Crippen molar-refractivity contribution in [1.82, 2.24) is 0 Å². The molecular formula is C14H19NO2. The summed E-state index contributed by atoms with van der Waals surface area (Å²) in [6, 6.07) is 9.79. The number of ether oxygens (including phenoxy) is 1. The lowest BCUT2D eigenvalue weighted by Crippen LogP contribution is -2.32. The van der Waals surface area contributed by atoms with Gasteiger partial charge in [-0.05, 0) is 18.4 Å². The number of Topliss-reactive ketones (excluding diaryl/α,β-unsaturated/α-hetero) is 1. The second-order valence-electron chi connectivity index (χ2n) is 4.52. The Balaban J connectivity index is 2.10. The summed E-state index contributed by atoms with van der Waals surface area (Å²) >= 11 is 0. The molecule has 1 aliphatic rings. The Bertz CT molecular complexity index is 358. The van der Waals surface area contributed by atoms with Crippen LogP contribution in [0, 0.1) is 5.92 Å². The van der Waals surface area contributed by atoms with Crippen LogP contribution in [0.1, 0.15) is 24.3 Å². The average Bonchev–Trinajstić information content (AvgIpc) is 2.42. The highest BCUT2D eigenvalue weighted by Gasteiger charge is 2.28. The largest absolute Gasteiger partial charge is 0.381 e. The predicted octanol–water partition coefficient (Wildman–Crippen LogP) is 1.72. The first-order chi connectivity index (χ1) is 8.33. The van der Waals surface area contributed by atoms with Crippen LogP contribution >= 0.6 is 0 Å². The van der Waals surface area contributed by atoms with Crippen molar-refractivity contribution < 1.29 is 9.53 Å². The zero-order valence-corrected chi connectivity index (χ0v) is 9.97. The molecule has 0 radical (unpaired) electrons. The van der Waals surface area contributed by atoms with Crippen LogP contribution in [0.5, 0.6) is 0 Å². The van der Waals surface area contributed by atoms with Crippen molar-refractivity contribution in [3.63, 3.8) is 0 Å². The smallest absolute Gasteiger partial charge is 0.146 e. The maximum absolute atomic E-state index is 12.4. The fourth-order valence-corrected chi connectivity index (χ4v) is 2.35. The summed E-state index contributed by atoms with van der Waals surface area (Å²) in [5.74, 6) is 0.0822. The van der Waals surface area contributed by atoms with E-state index >= 15 is 0 Å². The quantitative estimate of drug-likeness (QED) is 0.861. The minimum Gasteiger partial charge on any atom is -0.381 e. The number of nitrogens with two attached hydrogens (primary N) is 1. The van der Waals surface area contributed by atoms with Crippen molar-refractivity contribution in [2.75, 3.05) is 19.8 Å². The third kappa shape index (κ3) is 2.93. The third-order valence-corrected chi connectivity index (χ3v) is 3.34. The van der Waals surface area contributed by atoms with Crippen LogP contribution in [0.2, 0.25) is 0 Å². The Morgan fingerprint density at radius 1 is 1.41 bits per heavy atom. The summed E-state index contributed by atoms with van der Waals surface area (Å²) in [5.41, 5.74) is 6.77. The van der Waals surface area contributed by atoms with E-state index in [0.29, 0.717) is 13.2 Å². The van der Waals surface area contributed by atoms with E-state index in [0.717, 1.165) is 25.0 Å². The van der Waals surface area contributed by atoms with E-state index < -0.39 is 0 Å². The minimum absolute atomic E-state index is 0.0255. The molecule has 1 aromatic rings. The number of rotatable bonds is 4. The van der Waals surface area contributed by atoms with Crippen LogP contribution in [0.3, 0.4) is 0 Å². The Labute approximate surface area is 102 Å². The van der Waals surface area contributed by atoms with E-state index in [9.17, 15) is 4.79 Å². The van der Waals surface area contributed by atoms with Crippen molar-refractivity contribution in [2.24, 2.45) is 11.7 Å². The number of ketones is 1. The first-order valence-corrected chi connectivity index (χ1v) is 6.19. The molecule has 2 rings (SSSR count). The lowest BCUT2D eigenvalue weighted by atomic mass is 9.85.